The SMILES string of the molecule is COc1ccc(-n2nnc3ccccc3c2=O)cc1. The zero-order valence-corrected chi connectivity index (χ0v) is 10.3. The average molecular weight is 253 g/mol. The number of hydrogen-bond acceptors (Lipinski definition) is 4. The van der Waals surface area contributed by atoms with Crippen LogP contribution in [0.25, 0.3) is 16.6 Å². The van der Waals surface area contributed by atoms with E-state index in [1.54, 1.807) is 43.5 Å². The van der Waals surface area contributed by atoms with E-state index in [4.69, 9.17) is 4.74 Å². The quantitative estimate of drug-likeness (QED) is 0.698. The first-order chi connectivity index (χ1) is 9.29. The molecule has 3 aromatic rings. The molecule has 1 heterocycles. The lowest BCUT2D eigenvalue weighted by Crippen LogP contribution is -2.22. The highest BCUT2D eigenvalue weighted by Gasteiger charge is 2.06. The highest BCUT2D eigenvalue weighted by atomic mass is 16.5. The van der Waals surface area contributed by atoms with Gasteiger partial charge < -0.3 is 4.74 Å². The summed E-state index contributed by atoms with van der Waals surface area (Å²) in [6.45, 7) is 0. The first-order valence-electron chi connectivity index (χ1n) is 5.79. The normalized spacial score (nSPS) is 10.6. The molecule has 0 spiro atoms. The fourth-order valence-electron chi connectivity index (χ4n) is 1.88. The van der Waals surface area contributed by atoms with Crippen LogP contribution >= 0.6 is 0 Å². The monoisotopic (exact) mass is 253 g/mol. The van der Waals surface area contributed by atoms with Crippen LogP contribution in [0.5, 0.6) is 5.75 Å². The lowest BCUT2D eigenvalue weighted by atomic mass is 10.2. The standard InChI is InChI=1S/C14H11N3O2/c1-19-11-8-6-10(7-9-11)17-14(18)12-4-2-3-5-13(12)15-16-17/h2-9H,1H3. The van der Waals surface area contributed by atoms with Gasteiger partial charge in [-0.15, -0.1) is 5.10 Å². The number of hydrogen-bond donors (Lipinski definition) is 0. The largest absolute Gasteiger partial charge is 0.497 e. The molecule has 0 aliphatic heterocycles. The van der Waals surface area contributed by atoms with Gasteiger partial charge in [0.25, 0.3) is 5.56 Å². The van der Waals surface area contributed by atoms with Crippen LogP contribution in [0.1, 0.15) is 0 Å². The summed E-state index contributed by atoms with van der Waals surface area (Å²) >= 11 is 0. The van der Waals surface area contributed by atoms with Crippen LogP contribution < -0.4 is 10.3 Å². The highest BCUT2D eigenvalue weighted by Crippen LogP contribution is 2.13. The second-order valence-electron chi connectivity index (χ2n) is 4.02. The Hall–Kier alpha value is -2.69. The van der Waals surface area contributed by atoms with E-state index in [0.717, 1.165) is 5.75 Å². The molecule has 2 aromatic carbocycles. The van der Waals surface area contributed by atoms with Crippen molar-refractivity contribution in [3.05, 3.63) is 58.9 Å². The number of methoxy groups -OCH3 is 1. The molecule has 0 amide bonds. The van der Waals surface area contributed by atoms with Gasteiger partial charge in [0.15, 0.2) is 0 Å². The molecule has 3 rings (SSSR count). The Morgan fingerprint density at radius 2 is 1.79 bits per heavy atom. The lowest BCUT2D eigenvalue weighted by Gasteiger charge is -2.05. The van der Waals surface area contributed by atoms with Crippen LogP contribution in [0.2, 0.25) is 0 Å². The molecule has 0 aliphatic carbocycles. The minimum atomic E-state index is -0.184. The molecule has 0 saturated carbocycles. The van der Waals surface area contributed by atoms with Crippen molar-refractivity contribution < 1.29 is 4.74 Å². The van der Waals surface area contributed by atoms with Crippen LogP contribution in [-0.4, -0.2) is 22.1 Å². The van der Waals surface area contributed by atoms with E-state index in [1.807, 2.05) is 12.1 Å². The minimum Gasteiger partial charge on any atom is -0.497 e. The van der Waals surface area contributed by atoms with Gasteiger partial charge in [0.1, 0.15) is 11.3 Å². The maximum atomic E-state index is 12.3. The summed E-state index contributed by atoms with van der Waals surface area (Å²) in [7, 11) is 1.59. The summed E-state index contributed by atoms with van der Waals surface area (Å²) in [6.07, 6.45) is 0. The van der Waals surface area contributed by atoms with Gasteiger partial charge in [0.05, 0.1) is 18.2 Å². The maximum absolute atomic E-state index is 12.3. The summed E-state index contributed by atoms with van der Waals surface area (Å²) in [4.78, 5) is 12.3. The van der Waals surface area contributed by atoms with Crippen molar-refractivity contribution in [2.75, 3.05) is 7.11 Å². The number of benzene rings is 2. The third kappa shape index (κ3) is 1.95. The van der Waals surface area contributed by atoms with Crippen molar-refractivity contribution in [1.29, 1.82) is 0 Å². The van der Waals surface area contributed by atoms with Gasteiger partial charge in [-0.25, -0.2) is 0 Å². The van der Waals surface area contributed by atoms with Gasteiger partial charge in [-0.05, 0) is 36.4 Å². The fourth-order valence-corrected chi connectivity index (χ4v) is 1.88. The lowest BCUT2D eigenvalue weighted by molar-refractivity contribution is 0.414. The number of nitrogens with zero attached hydrogens (tertiary/aromatic N) is 3. The van der Waals surface area contributed by atoms with E-state index in [9.17, 15) is 4.79 Å². The molecule has 0 radical (unpaired) electrons. The molecule has 1 aromatic heterocycles. The van der Waals surface area contributed by atoms with Crippen LogP contribution in [0, 0.1) is 0 Å². The molecule has 0 fully saturated rings. The van der Waals surface area contributed by atoms with Gasteiger partial charge in [0, 0.05) is 0 Å². The van der Waals surface area contributed by atoms with E-state index in [0.29, 0.717) is 16.6 Å². The molecule has 19 heavy (non-hydrogen) atoms. The zero-order valence-electron chi connectivity index (χ0n) is 10.3. The molecule has 0 bridgehead atoms. The summed E-state index contributed by atoms with van der Waals surface area (Å²) in [5.74, 6) is 0.727. The first-order valence-corrected chi connectivity index (χ1v) is 5.79. The van der Waals surface area contributed by atoms with Crippen molar-refractivity contribution in [2.24, 2.45) is 0 Å². The molecule has 0 unspecified atom stereocenters. The van der Waals surface area contributed by atoms with Gasteiger partial charge >= 0.3 is 0 Å². The zero-order chi connectivity index (χ0) is 13.2. The van der Waals surface area contributed by atoms with Crippen molar-refractivity contribution >= 4 is 10.9 Å². The van der Waals surface area contributed by atoms with E-state index < -0.39 is 0 Å². The number of rotatable bonds is 2. The Kier molecular flexibility index (Phi) is 2.72. The van der Waals surface area contributed by atoms with Crippen LogP contribution in [-0.2, 0) is 0 Å². The Labute approximate surface area is 109 Å². The van der Waals surface area contributed by atoms with Crippen molar-refractivity contribution in [3.63, 3.8) is 0 Å². The van der Waals surface area contributed by atoms with E-state index in [2.05, 4.69) is 10.3 Å². The topological polar surface area (TPSA) is 57.0 Å². The van der Waals surface area contributed by atoms with Crippen LogP contribution in [0.15, 0.2) is 53.3 Å². The molecule has 0 aliphatic rings. The molecular weight excluding hydrogens is 242 g/mol. The first kappa shape index (κ1) is 11.4. The average Bonchev–Trinajstić information content (AvgIpc) is 2.48. The number of ether oxygens (including phenoxy) is 1. The summed E-state index contributed by atoms with van der Waals surface area (Å²) in [5, 5.41) is 8.54. The van der Waals surface area contributed by atoms with Gasteiger partial charge in [0.2, 0.25) is 0 Å². The highest BCUT2D eigenvalue weighted by molar-refractivity contribution is 5.76. The molecule has 0 atom stereocenters. The second kappa shape index (κ2) is 4.53. The third-order valence-corrected chi connectivity index (χ3v) is 2.89. The fraction of sp³-hybridized carbons (Fsp3) is 0.0714. The predicted molar refractivity (Wildman–Crippen MR) is 71.7 cm³/mol. The Balaban J connectivity index is 2.19. The van der Waals surface area contributed by atoms with Crippen LogP contribution in [0.3, 0.4) is 0 Å². The van der Waals surface area contributed by atoms with Crippen molar-refractivity contribution in [3.8, 4) is 11.4 Å². The summed E-state index contributed by atoms with van der Waals surface area (Å²) in [6, 6.07) is 14.2. The van der Waals surface area contributed by atoms with Gasteiger partial charge in [-0.2, -0.15) is 4.68 Å². The van der Waals surface area contributed by atoms with E-state index >= 15 is 0 Å². The molecule has 5 heteroatoms. The predicted octanol–water partition coefficient (Wildman–Crippen LogP) is 1.79. The summed E-state index contributed by atoms with van der Waals surface area (Å²) in [5.41, 5.74) is 1.07. The molecular formula is C14H11N3O2. The van der Waals surface area contributed by atoms with Crippen LogP contribution in [0.4, 0.5) is 0 Å². The second-order valence-corrected chi connectivity index (χ2v) is 4.02. The van der Waals surface area contributed by atoms with Crippen molar-refractivity contribution in [2.45, 2.75) is 0 Å². The minimum absolute atomic E-state index is 0.184. The summed E-state index contributed by atoms with van der Waals surface area (Å²) < 4.78 is 6.36. The Morgan fingerprint density at radius 1 is 1.05 bits per heavy atom. The number of aromatic nitrogens is 3. The van der Waals surface area contributed by atoms with Gasteiger partial charge in [-0.3, -0.25) is 4.79 Å². The van der Waals surface area contributed by atoms with E-state index in [-0.39, 0.29) is 5.56 Å². The molecule has 0 N–H and O–H groups in total. The van der Waals surface area contributed by atoms with Crippen molar-refractivity contribution in [1.82, 2.24) is 15.0 Å². The molecule has 0 saturated heterocycles. The Bertz CT molecular complexity index is 779. The van der Waals surface area contributed by atoms with Gasteiger partial charge in [-0.1, -0.05) is 17.3 Å². The molecule has 94 valence electrons. The van der Waals surface area contributed by atoms with E-state index in [1.165, 1.54) is 4.68 Å². The smallest absolute Gasteiger partial charge is 0.282 e. The molecule has 5 nitrogen and oxygen atoms in total. The number of fused-ring (bicyclic) bond motifs is 1. The maximum Gasteiger partial charge on any atom is 0.282 e. The third-order valence-electron chi connectivity index (χ3n) is 2.89. The Morgan fingerprint density at radius 3 is 2.53 bits per heavy atom.